The van der Waals surface area contributed by atoms with Gasteiger partial charge in [0.05, 0.1) is 35.8 Å². The molecule has 3 N–H and O–H groups in total. The van der Waals surface area contributed by atoms with Gasteiger partial charge in [0.1, 0.15) is 16.3 Å². The van der Waals surface area contributed by atoms with Crippen molar-refractivity contribution in [1.29, 1.82) is 0 Å². The summed E-state index contributed by atoms with van der Waals surface area (Å²) in [5.74, 6) is -1.19. The van der Waals surface area contributed by atoms with Crippen molar-refractivity contribution in [3.63, 3.8) is 0 Å². The van der Waals surface area contributed by atoms with Gasteiger partial charge < -0.3 is 25.4 Å². The highest BCUT2D eigenvalue weighted by atomic mass is 35.5. The Balaban J connectivity index is 1.75. The van der Waals surface area contributed by atoms with E-state index in [0.717, 1.165) is 11.1 Å². The van der Waals surface area contributed by atoms with Crippen LogP contribution in [0.3, 0.4) is 0 Å². The minimum Gasteiger partial charge on any atom is -0.495 e. The number of pyridine rings is 1. The van der Waals surface area contributed by atoms with E-state index < -0.39 is 17.3 Å². The molecule has 38 heavy (non-hydrogen) atoms. The van der Waals surface area contributed by atoms with Crippen LogP contribution in [-0.2, 0) is 10.2 Å². The molecular formula is C28H29ClN4O5. The zero-order valence-electron chi connectivity index (χ0n) is 21.5. The molecule has 0 radical (unpaired) electrons. The number of benzene rings is 2. The molecule has 198 valence electrons. The van der Waals surface area contributed by atoms with Crippen LogP contribution in [0.5, 0.6) is 5.75 Å². The predicted molar refractivity (Wildman–Crippen MR) is 146 cm³/mol. The van der Waals surface area contributed by atoms with Gasteiger partial charge in [0.2, 0.25) is 5.91 Å². The molecule has 0 atom stereocenters. The molecule has 1 saturated heterocycles. The molecule has 0 bridgehead atoms. The molecule has 10 heteroatoms. The fourth-order valence-electron chi connectivity index (χ4n) is 4.81. The summed E-state index contributed by atoms with van der Waals surface area (Å²) >= 11 is 6.02. The van der Waals surface area contributed by atoms with E-state index in [1.807, 2.05) is 29.2 Å². The van der Waals surface area contributed by atoms with Gasteiger partial charge in [-0.1, -0.05) is 49.7 Å². The summed E-state index contributed by atoms with van der Waals surface area (Å²) in [6.07, 6.45) is 1.37. The minimum absolute atomic E-state index is 0.109. The van der Waals surface area contributed by atoms with Crippen LogP contribution in [0.25, 0.3) is 0 Å². The van der Waals surface area contributed by atoms with Crippen molar-refractivity contribution in [3.05, 3.63) is 82.1 Å². The lowest BCUT2D eigenvalue weighted by atomic mass is 9.69. The standard InChI is InChI=1S/C28H29ClN4O5/c1-16(2)18-7-5-6-8-20(18)28(27(37)32-21-13-31-24(29)12-19(21)25(34)30-3)14-33(15-28)22-10-9-17(26(35)36)11-23(22)38-4/h5-13,16H,14-15H2,1-4H3,(H,30,34)(H,32,37)(H,35,36). The van der Waals surface area contributed by atoms with E-state index in [0.29, 0.717) is 24.5 Å². The third kappa shape index (κ3) is 4.89. The number of methoxy groups -OCH3 is 1. The fourth-order valence-corrected chi connectivity index (χ4v) is 4.97. The van der Waals surface area contributed by atoms with Crippen LogP contribution in [0, 0.1) is 0 Å². The SMILES string of the molecule is CNC(=O)c1cc(Cl)ncc1NC(=O)C1(c2ccccc2C(C)C)CN(c2ccc(C(=O)O)cc2OC)C1. The van der Waals surface area contributed by atoms with Crippen LogP contribution in [0.15, 0.2) is 54.7 Å². The Morgan fingerprint density at radius 3 is 2.47 bits per heavy atom. The minimum atomic E-state index is -1.05. The Bertz CT molecular complexity index is 1400. The number of anilines is 2. The quantitative estimate of drug-likeness (QED) is 0.366. The van der Waals surface area contributed by atoms with Crippen LogP contribution in [-0.4, -0.2) is 55.1 Å². The number of carboxylic acid groups (broad SMARTS) is 1. The van der Waals surface area contributed by atoms with Gasteiger partial charge in [-0.3, -0.25) is 9.59 Å². The van der Waals surface area contributed by atoms with Crippen LogP contribution in [0.4, 0.5) is 11.4 Å². The number of nitrogens with zero attached hydrogens (tertiary/aromatic N) is 2. The number of aromatic nitrogens is 1. The maximum absolute atomic E-state index is 14.1. The monoisotopic (exact) mass is 536 g/mol. The molecule has 2 aromatic carbocycles. The average molecular weight is 537 g/mol. The van der Waals surface area contributed by atoms with Gasteiger partial charge in [-0.25, -0.2) is 9.78 Å². The van der Waals surface area contributed by atoms with Crippen molar-refractivity contribution >= 4 is 40.8 Å². The topological polar surface area (TPSA) is 121 Å². The van der Waals surface area contributed by atoms with Crippen LogP contribution in [0.2, 0.25) is 5.15 Å². The summed E-state index contributed by atoms with van der Waals surface area (Å²) in [5, 5.41) is 15.0. The van der Waals surface area contributed by atoms with Crippen molar-refractivity contribution in [2.75, 3.05) is 37.5 Å². The Morgan fingerprint density at radius 2 is 1.84 bits per heavy atom. The average Bonchev–Trinajstić information content (AvgIpc) is 2.88. The number of ether oxygens (including phenoxy) is 1. The third-order valence-corrected chi connectivity index (χ3v) is 7.02. The zero-order valence-corrected chi connectivity index (χ0v) is 22.3. The molecule has 1 fully saturated rings. The summed E-state index contributed by atoms with van der Waals surface area (Å²) in [6, 6.07) is 13.9. The second kappa shape index (κ2) is 10.7. The largest absolute Gasteiger partial charge is 0.495 e. The Morgan fingerprint density at radius 1 is 1.13 bits per heavy atom. The molecule has 1 aliphatic rings. The van der Waals surface area contributed by atoms with Gasteiger partial charge in [-0.05, 0) is 41.3 Å². The maximum Gasteiger partial charge on any atom is 0.335 e. The highest BCUT2D eigenvalue weighted by molar-refractivity contribution is 6.30. The normalized spacial score (nSPS) is 14.0. The molecule has 0 aliphatic carbocycles. The summed E-state index contributed by atoms with van der Waals surface area (Å²) in [7, 11) is 2.97. The molecule has 0 saturated carbocycles. The second-order valence-electron chi connectivity index (χ2n) is 9.46. The van der Waals surface area contributed by atoms with Gasteiger partial charge in [0.25, 0.3) is 5.91 Å². The summed E-state index contributed by atoms with van der Waals surface area (Å²) in [5.41, 5.74) is 2.21. The van der Waals surface area contributed by atoms with E-state index >= 15 is 0 Å². The molecule has 2 heterocycles. The highest BCUT2D eigenvalue weighted by Gasteiger charge is 2.52. The van der Waals surface area contributed by atoms with Crippen molar-refractivity contribution in [1.82, 2.24) is 10.3 Å². The first-order chi connectivity index (χ1) is 18.1. The second-order valence-corrected chi connectivity index (χ2v) is 9.85. The first kappa shape index (κ1) is 26.9. The Kier molecular flexibility index (Phi) is 7.59. The van der Waals surface area contributed by atoms with Crippen LogP contribution < -0.4 is 20.3 Å². The first-order valence-corrected chi connectivity index (χ1v) is 12.4. The smallest absolute Gasteiger partial charge is 0.335 e. The molecule has 9 nitrogen and oxygen atoms in total. The predicted octanol–water partition coefficient (Wildman–Crippen LogP) is 4.32. The molecule has 4 rings (SSSR count). The maximum atomic E-state index is 14.1. The van der Waals surface area contributed by atoms with E-state index in [1.54, 1.807) is 6.07 Å². The van der Waals surface area contributed by atoms with Gasteiger partial charge >= 0.3 is 5.97 Å². The number of aromatic carboxylic acids is 1. The Hall–Kier alpha value is -4.11. The van der Waals surface area contributed by atoms with Crippen molar-refractivity contribution in [2.45, 2.75) is 25.2 Å². The van der Waals surface area contributed by atoms with Crippen molar-refractivity contribution in [3.8, 4) is 5.75 Å². The Labute approximate surface area is 225 Å². The van der Waals surface area contributed by atoms with Crippen molar-refractivity contribution in [2.24, 2.45) is 0 Å². The molecule has 0 spiro atoms. The van der Waals surface area contributed by atoms with Crippen molar-refractivity contribution < 1.29 is 24.2 Å². The van der Waals surface area contributed by atoms with Gasteiger partial charge in [-0.2, -0.15) is 0 Å². The number of hydrogen-bond acceptors (Lipinski definition) is 6. The zero-order chi connectivity index (χ0) is 27.6. The summed E-state index contributed by atoms with van der Waals surface area (Å²) in [4.78, 5) is 44.0. The van der Waals surface area contributed by atoms with E-state index in [-0.39, 0.29) is 33.8 Å². The lowest BCUT2D eigenvalue weighted by Gasteiger charge is -2.51. The van der Waals surface area contributed by atoms with E-state index in [1.165, 1.54) is 38.6 Å². The lowest BCUT2D eigenvalue weighted by molar-refractivity contribution is -0.122. The van der Waals surface area contributed by atoms with Crippen LogP contribution >= 0.6 is 11.6 Å². The van der Waals surface area contributed by atoms with Gasteiger partial charge in [-0.15, -0.1) is 0 Å². The third-order valence-electron chi connectivity index (χ3n) is 6.81. The molecule has 2 amide bonds. The molecular weight excluding hydrogens is 508 g/mol. The number of rotatable bonds is 8. The van der Waals surface area contributed by atoms with E-state index in [4.69, 9.17) is 16.3 Å². The first-order valence-electron chi connectivity index (χ1n) is 12.1. The molecule has 3 aromatic rings. The number of hydrogen-bond donors (Lipinski definition) is 3. The fraction of sp³-hybridized carbons (Fsp3) is 0.286. The lowest BCUT2D eigenvalue weighted by Crippen LogP contribution is -2.65. The van der Waals surface area contributed by atoms with E-state index in [9.17, 15) is 19.5 Å². The number of nitrogens with one attached hydrogen (secondary N) is 2. The summed E-state index contributed by atoms with van der Waals surface area (Å²) < 4.78 is 5.48. The number of carboxylic acids is 1. The summed E-state index contributed by atoms with van der Waals surface area (Å²) in [6.45, 7) is 4.76. The molecule has 0 unspecified atom stereocenters. The van der Waals surface area contributed by atoms with E-state index in [2.05, 4.69) is 29.5 Å². The molecule has 1 aliphatic heterocycles. The number of carbonyl (C=O) groups excluding carboxylic acids is 2. The number of carbonyl (C=O) groups is 3. The molecule has 1 aromatic heterocycles. The number of halogens is 1. The van der Waals surface area contributed by atoms with Gasteiger partial charge in [0, 0.05) is 20.1 Å². The van der Waals surface area contributed by atoms with Crippen LogP contribution in [0.1, 0.15) is 51.6 Å². The number of amides is 2. The highest BCUT2D eigenvalue weighted by Crippen LogP contribution is 2.44. The van der Waals surface area contributed by atoms with Gasteiger partial charge in [0.15, 0.2) is 0 Å².